The monoisotopic (exact) mass is 263 g/mol. The van der Waals surface area contributed by atoms with E-state index in [1.807, 2.05) is 43.3 Å². The van der Waals surface area contributed by atoms with Gasteiger partial charge in [-0.05, 0) is 24.6 Å². The zero-order valence-corrected chi connectivity index (χ0v) is 11.5. The molecule has 2 nitrogen and oxygen atoms in total. The van der Waals surface area contributed by atoms with Crippen molar-refractivity contribution in [1.82, 2.24) is 0 Å². The van der Waals surface area contributed by atoms with Gasteiger partial charge in [0.1, 0.15) is 0 Å². The number of hydrogen-bond acceptors (Lipinski definition) is 2. The van der Waals surface area contributed by atoms with Gasteiger partial charge in [0, 0.05) is 23.9 Å². The molecule has 0 amide bonds. The molecule has 100 valence electrons. The third kappa shape index (κ3) is 2.37. The highest BCUT2D eigenvalue weighted by Crippen LogP contribution is 2.36. The van der Waals surface area contributed by atoms with Crippen LogP contribution >= 0.6 is 0 Å². The van der Waals surface area contributed by atoms with Gasteiger partial charge in [-0.1, -0.05) is 48.5 Å². The van der Waals surface area contributed by atoms with Gasteiger partial charge in [0.15, 0.2) is 5.78 Å². The Bertz CT molecular complexity index is 631. The van der Waals surface area contributed by atoms with Crippen molar-refractivity contribution in [1.29, 1.82) is 0 Å². The van der Waals surface area contributed by atoms with Gasteiger partial charge < -0.3 is 4.90 Å². The van der Waals surface area contributed by atoms with E-state index < -0.39 is 0 Å². The number of allylic oxidation sites excluding steroid dienone is 2. The van der Waals surface area contributed by atoms with E-state index in [0.29, 0.717) is 6.42 Å². The van der Waals surface area contributed by atoms with E-state index in [0.717, 1.165) is 11.4 Å². The highest BCUT2D eigenvalue weighted by Gasteiger charge is 2.28. The molecule has 0 radical (unpaired) electrons. The number of carbonyl (C=O) groups excluding carboxylic acids is 1. The lowest BCUT2D eigenvalue weighted by molar-refractivity contribution is -0.115. The van der Waals surface area contributed by atoms with E-state index in [1.165, 1.54) is 5.56 Å². The van der Waals surface area contributed by atoms with Crippen molar-refractivity contribution in [3.05, 3.63) is 78.0 Å². The van der Waals surface area contributed by atoms with Crippen molar-refractivity contribution in [3.63, 3.8) is 0 Å². The lowest BCUT2D eigenvalue weighted by atomic mass is 9.94. The van der Waals surface area contributed by atoms with Crippen LogP contribution in [0.5, 0.6) is 0 Å². The molecule has 0 unspecified atom stereocenters. The summed E-state index contributed by atoms with van der Waals surface area (Å²) in [5.74, 6) is 0.198. The Morgan fingerprint density at radius 2 is 1.55 bits per heavy atom. The normalized spacial score (nSPS) is 18.9. The Morgan fingerprint density at radius 3 is 2.20 bits per heavy atom. The van der Waals surface area contributed by atoms with Crippen LogP contribution in [-0.4, -0.2) is 5.78 Å². The molecule has 0 bridgehead atoms. The smallest absolute Gasteiger partial charge is 0.159 e. The first kappa shape index (κ1) is 12.7. The Morgan fingerprint density at radius 1 is 0.950 bits per heavy atom. The zero-order valence-electron chi connectivity index (χ0n) is 11.5. The summed E-state index contributed by atoms with van der Waals surface area (Å²) in [5.41, 5.74) is 3.31. The zero-order chi connectivity index (χ0) is 13.9. The number of hydrogen-bond donors (Lipinski definition) is 0. The summed E-state index contributed by atoms with van der Waals surface area (Å²) in [6.07, 6.45) is 2.27. The van der Waals surface area contributed by atoms with E-state index in [1.54, 1.807) is 6.08 Å². The number of carbonyl (C=O) groups is 1. The molecular formula is C18H17NO. The third-order valence-electron chi connectivity index (χ3n) is 3.67. The lowest BCUT2D eigenvalue weighted by Crippen LogP contribution is -2.32. The Hall–Kier alpha value is -2.35. The summed E-state index contributed by atoms with van der Waals surface area (Å²) in [6, 6.07) is 20.6. The van der Waals surface area contributed by atoms with Gasteiger partial charge in [-0.3, -0.25) is 4.79 Å². The maximum absolute atomic E-state index is 11.9. The van der Waals surface area contributed by atoms with Crippen LogP contribution in [0.1, 0.15) is 24.9 Å². The van der Waals surface area contributed by atoms with Gasteiger partial charge in [0.05, 0.1) is 6.04 Å². The summed E-state index contributed by atoms with van der Waals surface area (Å²) in [4.78, 5) is 14.2. The van der Waals surface area contributed by atoms with E-state index in [-0.39, 0.29) is 11.8 Å². The number of ketones is 1. The molecule has 3 rings (SSSR count). The Labute approximate surface area is 119 Å². The third-order valence-corrected chi connectivity index (χ3v) is 3.67. The molecule has 0 saturated carbocycles. The molecule has 1 aliphatic rings. The fourth-order valence-corrected chi connectivity index (χ4v) is 2.80. The minimum atomic E-state index is 0.0797. The van der Waals surface area contributed by atoms with Crippen LogP contribution in [0.3, 0.4) is 0 Å². The van der Waals surface area contributed by atoms with Gasteiger partial charge in [0.2, 0.25) is 0 Å². The minimum Gasteiger partial charge on any atom is -0.337 e. The highest BCUT2D eigenvalue weighted by atomic mass is 16.1. The van der Waals surface area contributed by atoms with Crippen LogP contribution in [-0.2, 0) is 4.79 Å². The SMILES string of the molecule is CC1=CC(=O)C[C@H](c2ccccc2)N1c1ccccc1. The molecule has 1 atom stereocenters. The fraction of sp³-hybridized carbons (Fsp3) is 0.167. The topological polar surface area (TPSA) is 20.3 Å². The molecule has 2 aromatic carbocycles. The highest BCUT2D eigenvalue weighted by molar-refractivity contribution is 5.93. The van der Waals surface area contributed by atoms with Gasteiger partial charge in [0.25, 0.3) is 0 Å². The predicted molar refractivity (Wildman–Crippen MR) is 81.5 cm³/mol. The van der Waals surface area contributed by atoms with Gasteiger partial charge >= 0.3 is 0 Å². The maximum atomic E-state index is 11.9. The van der Waals surface area contributed by atoms with E-state index in [9.17, 15) is 4.79 Å². The number of para-hydroxylation sites is 1. The van der Waals surface area contributed by atoms with Crippen LogP contribution in [0, 0.1) is 0 Å². The summed E-state index contributed by atoms with van der Waals surface area (Å²) < 4.78 is 0. The van der Waals surface area contributed by atoms with Gasteiger partial charge in [-0.2, -0.15) is 0 Å². The molecule has 0 aromatic heterocycles. The van der Waals surface area contributed by atoms with Crippen molar-refractivity contribution >= 4 is 11.5 Å². The standard InChI is InChI=1S/C18H17NO/c1-14-12-17(20)13-18(15-8-4-2-5-9-15)19(14)16-10-6-3-7-11-16/h2-12,18H,13H2,1H3/t18-/m1/s1. The second-order valence-corrected chi connectivity index (χ2v) is 5.09. The molecule has 0 N–H and O–H groups in total. The molecular weight excluding hydrogens is 246 g/mol. The summed E-state index contributed by atoms with van der Waals surface area (Å²) in [7, 11) is 0. The fourth-order valence-electron chi connectivity index (χ4n) is 2.80. The molecule has 0 saturated heterocycles. The number of nitrogens with zero attached hydrogens (tertiary/aromatic N) is 1. The molecule has 0 aliphatic carbocycles. The van der Waals surface area contributed by atoms with Crippen molar-refractivity contribution in [2.75, 3.05) is 4.90 Å². The maximum Gasteiger partial charge on any atom is 0.159 e. The first-order valence-corrected chi connectivity index (χ1v) is 6.86. The summed E-state index contributed by atoms with van der Waals surface area (Å²) in [5, 5.41) is 0. The quantitative estimate of drug-likeness (QED) is 0.812. The van der Waals surface area contributed by atoms with Crippen LogP contribution in [0.2, 0.25) is 0 Å². The second kappa shape index (κ2) is 5.33. The number of benzene rings is 2. The minimum absolute atomic E-state index is 0.0797. The molecule has 20 heavy (non-hydrogen) atoms. The van der Waals surface area contributed by atoms with Crippen LogP contribution in [0.15, 0.2) is 72.4 Å². The van der Waals surface area contributed by atoms with E-state index in [4.69, 9.17) is 0 Å². The number of anilines is 1. The molecule has 1 heterocycles. The Balaban J connectivity index is 2.07. The molecule has 2 aromatic rings. The van der Waals surface area contributed by atoms with Crippen LogP contribution in [0.4, 0.5) is 5.69 Å². The van der Waals surface area contributed by atoms with Crippen molar-refractivity contribution in [3.8, 4) is 0 Å². The van der Waals surface area contributed by atoms with Crippen molar-refractivity contribution in [2.24, 2.45) is 0 Å². The first-order chi connectivity index (χ1) is 9.75. The number of rotatable bonds is 2. The first-order valence-electron chi connectivity index (χ1n) is 6.86. The lowest BCUT2D eigenvalue weighted by Gasteiger charge is -2.37. The largest absolute Gasteiger partial charge is 0.337 e. The molecule has 1 aliphatic heterocycles. The molecule has 0 spiro atoms. The predicted octanol–water partition coefficient (Wildman–Crippen LogP) is 4.11. The van der Waals surface area contributed by atoms with Crippen molar-refractivity contribution < 1.29 is 4.79 Å². The van der Waals surface area contributed by atoms with Crippen LogP contribution < -0.4 is 4.90 Å². The summed E-state index contributed by atoms with van der Waals surface area (Å²) >= 11 is 0. The molecule has 0 fully saturated rings. The van der Waals surface area contributed by atoms with Crippen LogP contribution in [0.25, 0.3) is 0 Å². The summed E-state index contributed by atoms with van der Waals surface area (Å²) in [6.45, 7) is 2.00. The average molecular weight is 263 g/mol. The Kier molecular flexibility index (Phi) is 3.38. The van der Waals surface area contributed by atoms with Crippen molar-refractivity contribution in [2.45, 2.75) is 19.4 Å². The van der Waals surface area contributed by atoms with Gasteiger partial charge in [-0.15, -0.1) is 0 Å². The second-order valence-electron chi connectivity index (χ2n) is 5.09. The van der Waals surface area contributed by atoms with Gasteiger partial charge in [-0.25, -0.2) is 0 Å². The van der Waals surface area contributed by atoms with E-state index in [2.05, 4.69) is 29.2 Å². The van der Waals surface area contributed by atoms with E-state index >= 15 is 0 Å². The average Bonchev–Trinajstić information content (AvgIpc) is 2.48. The molecule has 2 heteroatoms.